The Morgan fingerprint density at radius 3 is 2.84 bits per heavy atom. The number of carbonyl (C=O) groups excluding carboxylic acids is 1. The number of hydrogen-bond donors (Lipinski definition) is 1. The third kappa shape index (κ3) is 3.55. The summed E-state index contributed by atoms with van der Waals surface area (Å²) < 4.78 is 0. The first kappa shape index (κ1) is 13.6. The molecular formula is C15H19N3O. The van der Waals surface area contributed by atoms with E-state index in [0.29, 0.717) is 19.0 Å². The van der Waals surface area contributed by atoms with E-state index in [4.69, 9.17) is 0 Å². The summed E-state index contributed by atoms with van der Waals surface area (Å²) in [6, 6.07) is 12.4. The van der Waals surface area contributed by atoms with Crippen molar-refractivity contribution >= 4 is 5.91 Å². The zero-order chi connectivity index (χ0) is 13.7. The zero-order valence-corrected chi connectivity index (χ0v) is 11.2. The summed E-state index contributed by atoms with van der Waals surface area (Å²) in [6.07, 6.45) is 1.45. The Morgan fingerprint density at radius 1 is 1.47 bits per heavy atom. The molecule has 2 rings (SSSR count). The monoisotopic (exact) mass is 257 g/mol. The largest absolute Gasteiger partial charge is 0.344 e. The van der Waals surface area contributed by atoms with E-state index in [0.717, 1.165) is 18.5 Å². The Bertz CT molecular complexity index is 466. The van der Waals surface area contributed by atoms with Gasteiger partial charge in [0.15, 0.2) is 0 Å². The van der Waals surface area contributed by atoms with Gasteiger partial charge >= 0.3 is 0 Å². The Labute approximate surface area is 114 Å². The van der Waals surface area contributed by atoms with Crippen LogP contribution in [0.25, 0.3) is 0 Å². The number of piperidine rings is 1. The number of amides is 1. The van der Waals surface area contributed by atoms with Crippen LogP contribution in [0.4, 0.5) is 0 Å². The van der Waals surface area contributed by atoms with Crippen molar-refractivity contribution in [1.82, 2.24) is 10.2 Å². The molecule has 4 nitrogen and oxygen atoms in total. The molecule has 1 aliphatic heterocycles. The second-order valence-electron chi connectivity index (χ2n) is 5.01. The predicted octanol–water partition coefficient (Wildman–Crippen LogP) is 1.50. The third-order valence-electron chi connectivity index (χ3n) is 3.60. The van der Waals surface area contributed by atoms with Gasteiger partial charge in [0.2, 0.25) is 5.91 Å². The first-order valence-electron chi connectivity index (χ1n) is 6.62. The van der Waals surface area contributed by atoms with Crippen LogP contribution in [0.3, 0.4) is 0 Å². The molecular weight excluding hydrogens is 238 g/mol. The van der Waals surface area contributed by atoms with Crippen LogP contribution < -0.4 is 5.32 Å². The lowest BCUT2D eigenvalue weighted by atomic mass is 9.99. The van der Waals surface area contributed by atoms with Crippen molar-refractivity contribution in [1.29, 1.82) is 5.26 Å². The van der Waals surface area contributed by atoms with Crippen LogP contribution in [-0.4, -0.2) is 37.0 Å². The minimum absolute atomic E-state index is 0.135. The molecule has 19 heavy (non-hydrogen) atoms. The fraction of sp³-hybridized carbons (Fsp3) is 0.467. The molecule has 1 amide bonds. The van der Waals surface area contributed by atoms with Crippen LogP contribution in [0, 0.1) is 11.3 Å². The van der Waals surface area contributed by atoms with Gasteiger partial charge in [-0.2, -0.15) is 5.26 Å². The van der Waals surface area contributed by atoms with Gasteiger partial charge in [0.25, 0.3) is 0 Å². The van der Waals surface area contributed by atoms with Crippen molar-refractivity contribution < 1.29 is 4.79 Å². The number of hydrogen-bond acceptors (Lipinski definition) is 3. The number of nitrogens with zero attached hydrogens (tertiary/aromatic N) is 2. The molecule has 1 saturated heterocycles. The van der Waals surface area contributed by atoms with Crippen LogP contribution in [0.2, 0.25) is 0 Å². The van der Waals surface area contributed by atoms with Crippen LogP contribution in [0.15, 0.2) is 30.3 Å². The zero-order valence-electron chi connectivity index (χ0n) is 11.2. The average Bonchev–Trinajstić information content (AvgIpc) is 2.44. The standard InChI is InChI=1S/C15H19N3O/c1-18-11-14(7-8-15(18)19)17-10-13(9-16)12-5-3-2-4-6-12/h2-6,13-14,17H,7-8,10-11H2,1H3. The van der Waals surface area contributed by atoms with E-state index < -0.39 is 0 Å². The summed E-state index contributed by atoms with van der Waals surface area (Å²) >= 11 is 0. The van der Waals surface area contributed by atoms with Crippen LogP contribution in [0.5, 0.6) is 0 Å². The molecule has 0 saturated carbocycles. The lowest BCUT2D eigenvalue weighted by molar-refractivity contribution is -0.132. The normalized spacial score (nSPS) is 20.9. The number of carbonyl (C=O) groups is 1. The smallest absolute Gasteiger partial charge is 0.222 e. The minimum atomic E-state index is -0.135. The SMILES string of the molecule is CN1CC(NCC(C#N)c2ccccc2)CCC1=O. The maximum absolute atomic E-state index is 11.4. The fourth-order valence-corrected chi connectivity index (χ4v) is 2.39. The Kier molecular flexibility index (Phi) is 4.53. The van der Waals surface area contributed by atoms with Gasteiger partial charge in [-0.25, -0.2) is 0 Å². The second kappa shape index (κ2) is 6.35. The van der Waals surface area contributed by atoms with Gasteiger partial charge in [-0.15, -0.1) is 0 Å². The molecule has 0 aromatic heterocycles. The summed E-state index contributed by atoms with van der Waals surface area (Å²) in [7, 11) is 1.83. The molecule has 1 N–H and O–H groups in total. The van der Waals surface area contributed by atoms with Gasteiger partial charge in [-0.05, 0) is 12.0 Å². The number of likely N-dealkylation sites (N-methyl/N-ethyl adjacent to an activating group) is 1. The van der Waals surface area contributed by atoms with Crippen molar-refractivity contribution in [3.63, 3.8) is 0 Å². The predicted molar refractivity (Wildman–Crippen MR) is 73.5 cm³/mol. The molecule has 1 fully saturated rings. The van der Waals surface area contributed by atoms with E-state index in [1.807, 2.05) is 37.4 Å². The Morgan fingerprint density at radius 2 is 2.21 bits per heavy atom. The summed E-state index contributed by atoms with van der Waals surface area (Å²) in [4.78, 5) is 13.2. The fourth-order valence-electron chi connectivity index (χ4n) is 2.39. The van der Waals surface area contributed by atoms with E-state index >= 15 is 0 Å². The molecule has 1 aliphatic rings. The van der Waals surface area contributed by atoms with Gasteiger partial charge in [-0.1, -0.05) is 30.3 Å². The maximum Gasteiger partial charge on any atom is 0.222 e. The van der Waals surface area contributed by atoms with Gasteiger partial charge in [-0.3, -0.25) is 4.79 Å². The number of nitrogens with one attached hydrogen (secondary N) is 1. The first-order chi connectivity index (χ1) is 9.20. The van der Waals surface area contributed by atoms with Gasteiger partial charge in [0, 0.05) is 32.6 Å². The molecule has 2 unspecified atom stereocenters. The lowest BCUT2D eigenvalue weighted by Gasteiger charge is -2.30. The second-order valence-corrected chi connectivity index (χ2v) is 5.01. The molecule has 0 radical (unpaired) electrons. The van der Waals surface area contributed by atoms with E-state index in [1.54, 1.807) is 4.90 Å². The molecule has 0 bridgehead atoms. The molecule has 1 aromatic carbocycles. The number of nitriles is 1. The number of rotatable bonds is 4. The molecule has 4 heteroatoms. The summed E-state index contributed by atoms with van der Waals surface area (Å²) in [5.41, 5.74) is 1.04. The van der Waals surface area contributed by atoms with Gasteiger partial charge in [0.05, 0.1) is 12.0 Å². The van der Waals surface area contributed by atoms with Crippen LogP contribution in [0.1, 0.15) is 24.3 Å². The van der Waals surface area contributed by atoms with Gasteiger partial charge < -0.3 is 10.2 Å². The molecule has 1 aromatic rings. The van der Waals surface area contributed by atoms with Crippen molar-refractivity contribution in [3.05, 3.63) is 35.9 Å². The highest BCUT2D eigenvalue weighted by atomic mass is 16.2. The van der Waals surface area contributed by atoms with Crippen molar-refractivity contribution in [2.24, 2.45) is 0 Å². The maximum atomic E-state index is 11.4. The quantitative estimate of drug-likeness (QED) is 0.889. The Balaban J connectivity index is 1.88. The van der Waals surface area contributed by atoms with Gasteiger partial charge in [0.1, 0.15) is 0 Å². The highest BCUT2D eigenvalue weighted by Gasteiger charge is 2.23. The molecule has 100 valence electrons. The molecule has 0 aliphatic carbocycles. The van der Waals surface area contributed by atoms with Crippen LogP contribution in [-0.2, 0) is 4.79 Å². The van der Waals surface area contributed by atoms with Crippen LogP contribution >= 0.6 is 0 Å². The summed E-state index contributed by atoms with van der Waals surface area (Å²) in [5.74, 6) is 0.0714. The lowest BCUT2D eigenvalue weighted by Crippen LogP contribution is -2.47. The van der Waals surface area contributed by atoms with Crippen molar-refractivity contribution in [3.8, 4) is 6.07 Å². The van der Waals surface area contributed by atoms with E-state index in [-0.39, 0.29) is 11.8 Å². The van der Waals surface area contributed by atoms with Crippen molar-refractivity contribution in [2.45, 2.75) is 24.8 Å². The molecule has 1 heterocycles. The van der Waals surface area contributed by atoms with E-state index in [2.05, 4.69) is 11.4 Å². The van der Waals surface area contributed by atoms with E-state index in [9.17, 15) is 10.1 Å². The third-order valence-corrected chi connectivity index (χ3v) is 3.60. The topological polar surface area (TPSA) is 56.1 Å². The summed E-state index contributed by atoms with van der Waals surface area (Å²) in [6.45, 7) is 1.36. The highest BCUT2D eigenvalue weighted by molar-refractivity contribution is 5.76. The number of likely N-dealkylation sites (tertiary alicyclic amines) is 1. The highest BCUT2D eigenvalue weighted by Crippen LogP contribution is 2.15. The summed E-state index contributed by atoms with van der Waals surface area (Å²) in [5, 5.41) is 12.7. The number of benzene rings is 1. The minimum Gasteiger partial charge on any atom is -0.344 e. The Hall–Kier alpha value is -1.86. The first-order valence-corrected chi connectivity index (χ1v) is 6.62. The van der Waals surface area contributed by atoms with Crippen molar-refractivity contribution in [2.75, 3.05) is 20.1 Å². The van der Waals surface area contributed by atoms with E-state index in [1.165, 1.54) is 0 Å². The molecule has 2 atom stereocenters. The molecule has 0 spiro atoms. The average molecular weight is 257 g/mol.